The molecule has 6 rings (SSSR count). The maximum atomic E-state index is 4.88. The fourth-order valence-corrected chi connectivity index (χ4v) is 10.2. The van der Waals surface area contributed by atoms with Crippen LogP contribution in [0.3, 0.4) is 0 Å². The van der Waals surface area contributed by atoms with Crippen molar-refractivity contribution in [2.24, 2.45) is 0 Å². The smallest absolute Gasteiger partial charge is 0.120 e. The van der Waals surface area contributed by atoms with Crippen LogP contribution in [0.4, 0.5) is 0 Å². The fraction of sp³-hybridized carbons (Fsp3) is 0.189. The summed E-state index contributed by atoms with van der Waals surface area (Å²) in [5, 5.41) is 0. The molecule has 4 aliphatic rings. The van der Waals surface area contributed by atoms with Gasteiger partial charge >= 0.3 is 0 Å². The van der Waals surface area contributed by atoms with Crippen molar-refractivity contribution in [1.82, 2.24) is 14.4 Å². The highest BCUT2D eigenvalue weighted by Gasteiger charge is 2.34. The lowest BCUT2D eigenvalue weighted by molar-refractivity contribution is 0.472. The molecule has 0 amide bonds. The Morgan fingerprint density at radius 1 is 0.701 bits per heavy atom. The van der Waals surface area contributed by atoms with E-state index < -0.39 is 0 Å². The third-order valence-corrected chi connectivity index (χ3v) is 14.7. The zero-order chi connectivity index (χ0) is 55.9. The molecule has 3 nitrogen and oxygen atoms in total. The van der Waals surface area contributed by atoms with Crippen LogP contribution in [0.2, 0.25) is 0 Å². The average molecular weight is 1010 g/mol. The van der Waals surface area contributed by atoms with Gasteiger partial charge in [-0.25, -0.2) is 0 Å². The van der Waals surface area contributed by atoms with Crippen molar-refractivity contribution in [1.29, 1.82) is 0 Å². The maximum absolute atomic E-state index is 4.88. The lowest BCUT2D eigenvalue weighted by Gasteiger charge is -2.24. The molecule has 3 heterocycles. The van der Waals surface area contributed by atoms with Crippen LogP contribution in [0.5, 0.6) is 0 Å². The number of hydrogen-bond acceptors (Lipinski definition) is 2. The van der Waals surface area contributed by atoms with E-state index in [1.807, 2.05) is 51.2 Å². The Morgan fingerprint density at radius 2 is 1.39 bits per heavy atom. The molecule has 2 aromatic rings. The predicted molar refractivity (Wildman–Crippen MR) is 341 cm³/mol. The van der Waals surface area contributed by atoms with Crippen molar-refractivity contribution in [2.45, 2.75) is 88.5 Å². The highest BCUT2D eigenvalue weighted by Crippen LogP contribution is 2.45. The van der Waals surface area contributed by atoms with E-state index in [4.69, 9.17) is 19.7 Å². The van der Waals surface area contributed by atoms with Crippen molar-refractivity contribution in [3.8, 4) is 0 Å². The van der Waals surface area contributed by atoms with Crippen LogP contribution in [0, 0.1) is 13.8 Å². The highest BCUT2D eigenvalue weighted by molar-refractivity contribution is 5.89. The van der Waals surface area contributed by atoms with E-state index >= 15 is 0 Å². The van der Waals surface area contributed by atoms with E-state index in [1.54, 1.807) is 0 Å². The predicted octanol–water partition coefficient (Wildman–Crippen LogP) is 20.3. The molecule has 0 N–H and O–H groups in total. The summed E-state index contributed by atoms with van der Waals surface area (Å²) in [5.41, 5.74) is 25.3. The first kappa shape index (κ1) is 57.9. The molecule has 2 aliphatic carbocycles. The SMILES string of the molecule is C=C\C=C/C1=C(C)/C(C)=C(/C=C\C=C/C)C(\C)=C/CC1=Cc1c(C)c(/C=C2/N3C(=C)/C=C\C=C/CC/C4=C(/C=C(\C3=C)N2C)c2ccccc2\C=C(\C=C/C=C\C)C(/C)=C4/C=C\C)n(C(=C)/C=C\C=C/C(=C)C(=C)C)c1C. The van der Waals surface area contributed by atoms with E-state index in [1.165, 1.54) is 66.9 Å². The second kappa shape index (κ2) is 26.9. The van der Waals surface area contributed by atoms with Crippen LogP contribution in [0.15, 0.2) is 293 Å². The van der Waals surface area contributed by atoms with Crippen LogP contribution in [-0.4, -0.2) is 21.4 Å². The van der Waals surface area contributed by atoms with Crippen molar-refractivity contribution < 1.29 is 0 Å². The molecular weight excluding hydrogens is 931 g/mol. The number of aromatic nitrogens is 1. The Labute approximate surface area is 464 Å². The van der Waals surface area contributed by atoms with Crippen molar-refractivity contribution in [3.05, 3.63) is 327 Å². The Hall–Kier alpha value is -8.40. The normalized spacial score (nSPS) is 25.1. The Kier molecular flexibility index (Phi) is 20.2. The third kappa shape index (κ3) is 13.2. The molecule has 77 heavy (non-hydrogen) atoms. The Bertz CT molecular complexity index is 3390. The van der Waals surface area contributed by atoms with Crippen LogP contribution in [-0.2, 0) is 0 Å². The molecule has 1 fully saturated rings. The van der Waals surface area contributed by atoms with E-state index in [-0.39, 0.29) is 0 Å². The van der Waals surface area contributed by atoms with Crippen LogP contribution in [0.25, 0.3) is 29.5 Å². The first-order valence-electron chi connectivity index (χ1n) is 26.9. The van der Waals surface area contributed by atoms with Crippen molar-refractivity contribution in [3.63, 3.8) is 0 Å². The lowest BCUT2D eigenvalue weighted by Crippen LogP contribution is -2.18. The summed E-state index contributed by atoms with van der Waals surface area (Å²) in [4.78, 5) is 4.47. The van der Waals surface area contributed by atoms with E-state index in [0.29, 0.717) is 0 Å². The minimum atomic E-state index is 0.744. The fourth-order valence-electron chi connectivity index (χ4n) is 10.2. The van der Waals surface area contributed by atoms with Gasteiger partial charge in [-0.2, -0.15) is 0 Å². The number of hydrogen-bond donors (Lipinski definition) is 0. The number of nitrogens with zero attached hydrogens (tertiary/aromatic N) is 3. The summed E-state index contributed by atoms with van der Waals surface area (Å²) in [6.45, 7) is 48.2. The molecule has 0 spiro atoms. The quantitative estimate of drug-likeness (QED) is 0.175. The van der Waals surface area contributed by atoms with Crippen molar-refractivity contribution in [2.75, 3.05) is 7.05 Å². The van der Waals surface area contributed by atoms with Gasteiger partial charge in [-0.3, -0.25) is 4.90 Å². The topological polar surface area (TPSA) is 11.4 Å². The molecule has 1 aromatic carbocycles. The molecule has 3 heteroatoms. The van der Waals surface area contributed by atoms with E-state index in [2.05, 4.69) is 241 Å². The first-order valence-corrected chi connectivity index (χ1v) is 26.9. The van der Waals surface area contributed by atoms with Gasteiger partial charge in [-0.05, 0) is 208 Å². The lowest BCUT2D eigenvalue weighted by atomic mass is 9.82. The van der Waals surface area contributed by atoms with Gasteiger partial charge in [0.25, 0.3) is 0 Å². The third-order valence-electron chi connectivity index (χ3n) is 14.7. The number of benzene rings is 1. The molecule has 0 atom stereocenters. The van der Waals surface area contributed by atoms with Gasteiger partial charge in [0, 0.05) is 30.2 Å². The number of likely N-dealkylation sites (N-methyl/N-ethyl adjacent to an activating group) is 1. The minimum Gasteiger partial charge on any atom is -0.329 e. The van der Waals surface area contributed by atoms with Gasteiger partial charge in [-0.1, -0.05) is 191 Å². The summed E-state index contributed by atoms with van der Waals surface area (Å²) < 4.78 is 2.29. The molecule has 0 radical (unpaired) electrons. The summed E-state index contributed by atoms with van der Waals surface area (Å²) >= 11 is 0. The second-order valence-electron chi connectivity index (χ2n) is 19.9. The van der Waals surface area contributed by atoms with Gasteiger partial charge in [0.15, 0.2) is 0 Å². The molecule has 0 unspecified atom stereocenters. The Morgan fingerprint density at radius 3 is 2.09 bits per heavy atom. The number of allylic oxidation sites excluding steroid dienone is 37. The largest absolute Gasteiger partial charge is 0.329 e. The number of fused-ring (bicyclic) bond motifs is 4. The zero-order valence-electron chi connectivity index (χ0n) is 48.0. The van der Waals surface area contributed by atoms with Crippen LogP contribution in [0.1, 0.15) is 108 Å². The zero-order valence-corrected chi connectivity index (χ0v) is 48.0. The summed E-state index contributed by atoms with van der Waals surface area (Å²) in [7, 11) is 2.15. The molecule has 1 saturated heterocycles. The average Bonchev–Trinajstić information content (AvgIpc) is 3.86. The van der Waals surface area contributed by atoms with Crippen LogP contribution < -0.4 is 0 Å². The first-order chi connectivity index (χ1) is 37.0. The van der Waals surface area contributed by atoms with Crippen LogP contribution >= 0.6 is 0 Å². The molecule has 392 valence electrons. The summed E-state index contributed by atoms with van der Waals surface area (Å²) in [5.74, 6) is 0.916. The minimum absolute atomic E-state index is 0.744. The van der Waals surface area contributed by atoms with Gasteiger partial charge in [0.2, 0.25) is 0 Å². The number of rotatable bonds is 14. The maximum Gasteiger partial charge on any atom is 0.120 e. The van der Waals surface area contributed by atoms with E-state index in [0.717, 1.165) is 87.1 Å². The molecule has 1 aromatic heterocycles. The second-order valence-corrected chi connectivity index (χ2v) is 19.9. The molecule has 0 saturated carbocycles. The highest BCUT2D eigenvalue weighted by atomic mass is 15.4. The summed E-state index contributed by atoms with van der Waals surface area (Å²) in [6, 6.07) is 8.78. The summed E-state index contributed by atoms with van der Waals surface area (Å²) in [6.07, 6.45) is 58.4. The van der Waals surface area contributed by atoms with Gasteiger partial charge < -0.3 is 9.47 Å². The molecule has 2 bridgehead atoms. The van der Waals surface area contributed by atoms with Gasteiger partial charge in [0.1, 0.15) is 5.82 Å². The molecular formula is C74H81N3. The Balaban J connectivity index is 1.68. The van der Waals surface area contributed by atoms with Crippen molar-refractivity contribution >= 4 is 29.5 Å². The molecule has 2 aliphatic heterocycles. The standard InChI is InChI=1S/C74H81N3/c1-18-22-27-39-62-47-63-40-33-34-43-68(63)71-49-73-61(16)77(55(10)37-29-25-26-30-44-69(71)67(35-21-4)58(62)13)74(75(73)17)50-72-59(14)70(60(15)76(72)54(9)38-32-31-36-52(7)51(5)6)48-64-46-45-53(8)65(42-28-23-19-2)56(11)57(12)66(64)41-24-20-3/h18-29,31-43,45,47-50H,3,5,7,9-10,16,30,44,46H2,1-2,4,6,8,11-15,17H3/b22-18-,23-19-,26-25-,35-21-,36-31-,37-29-,38-32-,39-27-,41-24-,42-28-,53-45-,62-47-,62-58?,63-47?,64-48?,65-56-,66-57-,67-58-,69-67?,71-68?,71-69+,73-49+,74-50+. The van der Waals surface area contributed by atoms with Gasteiger partial charge in [0.05, 0.1) is 17.1 Å². The monoisotopic (exact) mass is 1010 g/mol. The van der Waals surface area contributed by atoms with Gasteiger partial charge in [-0.15, -0.1) is 0 Å². The van der Waals surface area contributed by atoms with E-state index in [9.17, 15) is 0 Å².